The van der Waals surface area contributed by atoms with E-state index in [1.165, 1.54) is 9.58 Å². The summed E-state index contributed by atoms with van der Waals surface area (Å²) in [4.78, 5) is 24.3. The molecule has 1 aliphatic heterocycles. The number of hydrogen-bond donors (Lipinski definition) is 1. The van der Waals surface area contributed by atoms with Crippen molar-refractivity contribution in [1.82, 2.24) is 15.0 Å². The highest BCUT2D eigenvalue weighted by Crippen LogP contribution is 2.33. The zero-order chi connectivity index (χ0) is 15.1. The molecule has 0 unspecified atom stereocenters. The molecule has 8 nitrogen and oxygen atoms in total. The molecule has 0 radical (unpaired) electrons. The number of benzene rings is 1. The fraction of sp³-hybridized carbons (Fsp3) is 0.231. The van der Waals surface area contributed by atoms with Gasteiger partial charge in [0.1, 0.15) is 5.75 Å². The van der Waals surface area contributed by atoms with E-state index >= 15 is 0 Å². The number of fused-ring (bicyclic) bond motifs is 1. The highest BCUT2D eigenvalue weighted by atomic mass is 16.5. The van der Waals surface area contributed by atoms with Gasteiger partial charge in [0, 0.05) is 13.1 Å². The Morgan fingerprint density at radius 3 is 2.86 bits per heavy atom. The third kappa shape index (κ3) is 2.00. The predicted octanol–water partition coefficient (Wildman–Crippen LogP) is 0.0298. The Hall–Kier alpha value is -2.90. The standard InChI is InChI=1S/C13H13N5O3/c1-7-12(13(14)20)15-16-18(7)8-3-4-9-10(5-8)21-6-11(19)17(9)2/h3-5H,6H2,1-2H3,(H2,14,20). The van der Waals surface area contributed by atoms with Crippen LogP contribution in [0.1, 0.15) is 16.2 Å². The zero-order valence-electron chi connectivity index (χ0n) is 11.5. The maximum atomic E-state index is 11.6. The van der Waals surface area contributed by atoms with Gasteiger partial charge in [-0.15, -0.1) is 5.10 Å². The highest BCUT2D eigenvalue weighted by molar-refractivity contribution is 5.97. The number of amides is 2. The van der Waals surface area contributed by atoms with Crippen molar-refractivity contribution in [1.29, 1.82) is 0 Å². The van der Waals surface area contributed by atoms with Gasteiger partial charge in [-0.05, 0) is 19.1 Å². The lowest BCUT2D eigenvalue weighted by Gasteiger charge is -2.26. The van der Waals surface area contributed by atoms with Crippen LogP contribution in [0.15, 0.2) is 18.2 Å². The molecule has 3 rings (SSSR count). The highest BCUT2D eigenvalue weighted by Gasteiger charge is 2.23. The van der Waals surface area contributed by atoms with E-state index in [4.69, 9.17) is 10.5 Å². The van der Waals surface area contributed by atoms with Gasteiger partial charge in [0.2, 0.25) is 0 Å². The molecule has 0 saturated carbocycles. The molecular weight excluding hydrogens is 274 g/mol. The maximum absolute atomic E-state index is 11.6. The summed E-state index contributed by atoms with van der Waals surface area (Å²) in [5, 5.41) is 7.68. The minimum Gasteiger partial charge on any atom is -0.481 e. The number of aromatic nitrogens is 3. The van der Waals surface area contributed by atoms with Crippen LogP contribution >= 0.6 is 0 Å². The second-order valence-electron chi connectivity index (χ2n) is 4.69. The van der Waals surface area contributed by atoms with E-state index in [1.807, 2.05) is 0 Å². The van der Waals surface area contributed by atoms with Crippen LogP contribution in [-0.4, -0.2) is 40.5 Å². The number of rotatable bonds is 2. The topological polar surface area (TPSA) is 103 Å². The van der Waals surface area contributed by atoms with Gasteiger partial charge >= 0.3 is 0 Å². The van der Waals surface area contributed by atoms with Gasteiger partial charge in [0.25, 0.3) is 11.8 Å². The van der Waals surface area contributed by atoms with Crippen molar-refractivity contribution in [2.24, 2.45) is 5.73 Å². The van der Waals surface area contributed by atoms with Crippen molar-refractivity contribution < 1.29 is 14.3 Å². The van der Waals surface area contributed by atoms with Crippen molar-refractivity contribution in [3.8, 4) is 11.4 Å². The average molecular weight is 287 g/mol. The molecule has 0 spiro atoms. The molecule has 0 saturated heterocycles. The van der Waals surface area contributed by atoms with Crippen molar-refractivity contribution in [2.45, 2.75) is 6.92 Å². The van der Waals surface area contributed by atoms with E-state index in [0.717, 1.165) is 0 Å². The number of nitrogens with zero attached hydrogens (tertiary/aromatic N) is 4. The SMILES string of the molecule is Cc1c(C(N)=O)nnn1-c1ccc2c(c1)OCC(=O)N2C. The third-order valence-electron chi connectivity index (χ3n) is 3.40. The first-order valence-corrected chi connectivity index (χ1v) is 6.25. The Morgan fingerprint density at radius 1 is 1.43 bits per heavy atom. The number of ether oxygens (including phenoxy) is 1. The molecule has 0 aliphatic carbocycles. The number of carbonyl (C=O) groups is 2. The lowest BCUT2D eigenvalue weighted by Crippen LogP contribution is -2.35. The van der Waals surface area contributed by atoms with E-state index in [1.54, 1.807) is 32.2 Å². The molecule has 2 aromatic rings. The van der Waals surface area contributed by atoms with Crippen molar-refractivity contribution in [2.75, 3.05) is 18.6 Å². The van der Waals surface area contributed by atoms with Gasteiger partial charge in [-0.2, -0.15) is 0 Å². The number of nitrogens with two attached hydrogens (primary N) is 1. The van der Waals surface area contributed by atoms with E-state index < -0.39 is 5.91 Å². The van der Waals surface area contributed by atoms with Gasteiger partial charge in [-0.25, -0.2) is 4.68 Å². The molecule has 0 fully saturated rings. The summed E-state index contributed by atoms with van der Waals surface area (Å²) >= 11 is 0. The van der Waals surface area contributed by atoms with Gasteiger partial charge in [0.05, 0.1) is 17.1 Å². The Balaban J connectivity index is 2.06. The fourth-order valence-electron chi connectivity index (χ4n) is 2.20. The van der Waals surface area contributed by atoms with Crippen molar-refractivity contribution in [3.63, 3.8) is 0 Å². The first kappa shape index (κ1) is 13.1. The molecule has 1 aromatic carbocycles. The minimum absolute atomic E-state index is 0.00414. The van der Waals surface area contributed by atoms with Gasteiger partial charge < -0.3 is 15.4 Å². The minimum atomic E-state index is -0.627. The smallest absolute Gasteiger partial charge is 0.271 e. The monoisotopic (exact) mass is 287 g/mol. The van der Waals surface area contributed by atoms with Crippen LogP contribution in [0.2, 0.25) is 0 Å². The predicted molar refractivity (Wildman–Crippen MR) is 73.5 cm³/mol. The van der Waals surface area contributed by atoms with E-state index in [-0.39, 0.29) is 18.2 Å². The van der Waals surface area contributed by atoms with Gasteiger partial charge in [0.15, 0.2) is 12.3 Å². The summed E-state index contributed by atoms with van der Waals surface area (Å²) in [6.45, 7) is 1.70. The molecule has 2 heterocycles. The lowest BCUT2D eigenvalue weighted by atomic mass is 10.2. The molecule has 108 valence electrons. The van der Waals surface area contributed by atoms with Crippen LogP contribution in [0.4, 0.5) is 5.69 Å². The van der Waals surface area contributed by atoms with Crippen LogP contribution in [0.3, 0.4) is 0 Å². The van der Waals surface area contributed by atoms with Crippen LogP contribution in [0.25, 0.3) is 5.69 Å². The van der Waals surface area contributed by atoms with Crippen LogP contribution in [0.5, 0.6) is 5.75 Å². The lowest BCUT2D eigenvalue weighted by molar-refractivity contribution is -0.120. The van der Waals surface area contributed by atoms with Crippen molar-refractivity contribution in [3.05, 3.63) is 29.6 Å². The second kappa shape index (κ2) is 4.58. The summed E-state index contributed by atoms with van der Waals surface area (Å²) in [6.07, 6.45) is 0. The Bertz CT molecular complexity index is 752. The number of hydrogen-bond acceptors (Lipinski definition) is 5. The molecule has 8 heteroatoms. The summed E-state index contributed by atoms with van der Waals surface area (Å²) in [6, 6.07) is 5.27. The molecule has 1 aromatic heterocycles. The number of carbonyl (C=O) groups excluding carboxylic acids is 2. The quantitative estimate of drug-likeness (QED) is 0.839. The number of likely N-dealkylation sites (N-methyl/N-ethyl adjacent to an activating group) is 1. The maximum Gasteiger partial charge on any atom is 0.271 e. The molecule has 21 heavy (non-hydrogen) atoms. The summed E-state index contributed by atoms with van der Waals surface area (Å²) < 4.78 is 6.92. The molecule has 1 aliphatic rings. The number of primary amides is 1. The summed E-state index contributed by atoms with van der Waals surface area (Å²) in [7, 11) is 1.69. The number of anilines is 1. The summed E-state index contributed by atoms with van der Waals surface area (Å²) in [5.41, 5.74) is 7.25. The first-order chi connectivity index (χ1) is 9.99. The molecule has 2 amide bonds. The van der Waals surface area contributed by atoms with E-state index in [2.05, 4.69) is 10.3 Å². The molecular formula is C13H13N5O3. The second-order valence-corrected chi connectivity index (χ2v) is 4.69. The molecule has 2 N–H and O–H groups in total. The molecule has 0 bridgehead atoms. The Labute approximate surface area is 120 Å². The van der Waals surface area contributed by atoms with Crippen LogP contribution in [0, 0.1) is 6.92 Å². The van der Waals surface area contributed by atoms with E-state index in [9.17, 15) is 9.59 Å². The largest absolute Gasteiger partial charge is 0.481 e. The Kier molecular flexibility index (Phi) is 2.86. The molecule has 0 atom stereocenters. The first-order valence-electron chi connectivity index (χ1n) is 6.25. The van der Waals surface area contributed by atoms with Gasteiger partial charge in [-0.1, -0.05) is 5.21 Å². The van der Waals surface area contributed by atoms with E-state index in [0.29, 0.717) is 22.8 Å². The summed E-state index contributed by atoms with van der Waals surface area (Å²) in [5.74, 6) is -0.161. The fourth-order valence-corrected chi connectivity index (χ4v) is 2.20. The zero-order valence-corrected chi connectivity index (χ0v) is 11.5. The third-order valence-corrected chi connectivity index (χ3v) is 3.40. The van der Waals surface area contributed by atoms with Crippen molar-refractivity contribution >= 4 is 17.5 Å². The van der Waals surface area contributed by atoms with Crippen LogP contribution < -0.4 is 15.4 Å². The van der Waals surface area contributed by atoms with Crippen LogP contribution in [-0.2, 0) is 4.79 Å². The average Bonchev–Trinajstić information content (AvgIpc) is 2.84. The van der Waals surface area contributed by atoms with Gasteiger partial charge in [-0.3, -0.25) is 9.59 Å². The Morgan fingerprint density at radius 2 is 2.19 bits per heavy atom. The normalized spacial score (nSPS) is 13.8.